The maximum atomic E-state index is 12.3. The molecule has 3 nitrogen and oxygen atoms in total. The lowest BCUT2D eigenvalue weighted by molar-refractivity contribution is -0.122. The smallest absolute Gasteiger partial charge is 0.243 e. The van der Waals surface area contributed by atoms with Crippen molar-refractivity contribution in [3.63, 3.8) is 0 Å². The Hall–Kier alpha value is -2.42. The highest BCUT2D eigenvalue weighted by Crippen LogP contribution is 2.47. The van der Waals surface area contributed by atoms with E-state index >= 15 is 0 Å². The van der Waals surface area contributed by atoms with Gasteiger partial charge in [-0.3, -0.25) is 4.79 Å². The highest BCUT2D eigenvalue weighted by atomic mass is 16.2. The third-order valence-corrected chi connectivity index (χ3v) is 4.70. The number of amides is 1. The number of nitrogens with zero attached hydrogens (tertiary/aromatic N) is 1. The molecule has 0 spiro atoms. The van der Waals surface area contributed by atoms with Crippen molar-refractivity contribution in [3.05, 3.63) is 71.3 Å². The van der Waals surface area contributed by atoms with E-state index in [1.807, 2.05) is 25.1 Å². The van der Waals surface area contributed by atoms with Crippen LogP contribution in [0, 0.1) is 11.8 Å². The van der Waals surface area contributed by atoms with Crippen molar-refractivity contribution < 1.29 is 4.79 Å². The summed E-state index contributed by atoms with van der Waals surface area (Å²) in [5.74, 6) is 1.06. The summed E-state index contributed by atoms with van der Waals surface area (Å²) in [4.78, 5) is 12.3. The molecule has 3 rings (SSSR count). The summed E-state index contributed by atoms with van der Waals surface area (Å²) >= 11 is 0. The third kappa shape index (κ3) is 4.56. The molecule has 0 bridgehead atoms. The third-order valence-electron chi connectivity index (χ3n) is 4.70. The van der Waals surface area contributed by atoms with Gasteiger partial charge in [0.1, 0.15) is 0 Å². The number of carbonyl (C=O) groups excluding carboxylic acids is 1. The predicted octanol–water partition coefficient (Wildman–Crippen LogP) is 4.53. The molecule has 0 aliphatic heterocycles. The molecule has 1 saturated carbocycles. The quantitative estimate of drug-likeness (QED) is 0.612. The lowest BCUT2D eigenvalue weighted by Crippen LogP contribution is -2.21. The molecule has 2 atom stereocenters. The Balaban J connectivity index is 1.56. The normalized spacial score (nSPS) is 19.8. The summed E-state index contributed by atoms with van der Waals surface area (Å²) in [5, 5.41) is 4.29. The van der Waals surface area contributed by atoms with Crippen molar-refractivity contribution in [2.75, 3.05) is 0 Å². The van der Waals surface area contributed by atoms with Gasteiger partial charge in [0, 0.05) is 5.92 Å². The van der Waals surface area contributed by atoms with Crippen LogP contribution in [0.3, 0.4) is 0 Å². The van der Waals surface area contributed by atoms with Crippen LogP contribution in [0.2, 0.25) is 0 Å². The van der Waals surface area contributed by atoms with E-state index in [9.17, 15) is 4.79 Å². The molecule has 130 valence electrons. The summed E-state index contributed by atoms with van der Waals surface area (Å²) in [6.45, 7) is 6.37. The van der Waals surface area contributed by atoms with Crippen molar-refractivity contribution >= 4 is 11.6 Å². The Labute approximate surface area is 150 Å². The van der Waals surface area contributed by atoms with Gasteiger partial charge < -0.3 is 0 Å². The Morgan fingerprint density at radius 3 is 2.44 bits per heavy atom. The predicted molar refractivity (Wildman–Crippen MR) is 103 cm³/mol. The van der Waals surface area contributed by atoms with Gasteiger partial charge in [0.2, 0.25) is 5.91 Å². The maximum absolute atomic E-state index is 12.3. The first-order chi connectivity index (χ1) is 12.0. The Bertz CT molecular complexity index is 747. The lowest BCUT2D eigenvalue weighted by Gasteiger charge is -2.07. The molecule has 0 heterocycles. The van der Waals surface area contributed by atoms with Gasteiger partial charge in [-0.05, 0) is 48.3 Å². The molecule has 3 heteroatoms. The van der Waals surface area contributed by atoms with E-state index in [0.29, 0.717) is 11.8 Å². The standard InChI is InChI=1S/C22H26N2O/c1-15(2)13-17-9-11-18(12-10-17)16(3)23-24-22(25)21-14-20(21)19-7-5-4-6-8-19/h4-12,15,20-21H,13-14H2,1-3H3,(H,24,25)/b23-16-/t20-,21-/m0/s1. The summed E-state index contributed by atoms with van der Waals surface area (Å²) < 4.78 is 0. The molecule has 0 saturated heterocycles. The molecule has 0 aromatic heterocycles. The van der Waals surface area contributed by atoms with Gasteiger partial charge in [0.25, 0.3) is 0 Å². The van der Waals surface area contributed by atoms with Crippen molar-refractivity contribution in [1.82, 2.24) is 5.43 Å². The number of nitrogens with one attached hydrogen (secondary N) is 1. The Morgan fingerprint density at radius 1 is 1.12 bits per heavy atom. The van der Waals surface area contributed by atoms with Crippen molar-refractivity contribution in [1.29, 1.82) is 0 Å². The molecule has 0 unspecified atom stereocenters. The van der Waals surface area contributed by atoms with E-state index in [4.69, 9.17) is 0 Å². The number of hydrogen-bond donors (Lipinski definition) is 1. The molecule has 25 heavy (non-hydrogen) atoms. The first-order valence-corrected chi connectivity index (χ1v) is 9.03. The molecule has 0 radical (unpaired) electrons. The van der Waals surface area contributed by atoms with Crippen LogP contribution in [0.15, 0.2) is 59.7 Å². The number of hydrazone groups is 1. The van der Waals surface area contributed by atoms with Crippen LogP contribution in [-0.4, -0.2) is 11.6 Å². The Morgan fingerprint density at radius 2 is 1.80 bits per heavy atom. The van der Waals surface area contributed by atoms with E-state index in [1.54, 1.807) is 0 Å². The minimum Gasteiger partial charge on any atom is -0.273 e. The average molecular weight is 334 g/mol. The SMILES string of the molecule is C/C(=N/NC(=O)[C@H]1C[C@H]1c1ccccc1)c1ccc(CC(C)C)cc1. The highest BCUT2D eigenvalue weighted by molar-refractivity contribution is 5.99. The molecule has 1 aliphatic rings. The molecule has 1 fully saturated rings. The zero-order valence-electron chi connectivity index (χ0n) is 15.2. The average Bonchev–Trinajstić information content (AvgIpc) is 3.41. The second kappa shape index (κ2) is 7.64. The van der Waals surface area contributed by atoms with Crippen molar-refractivity contribution in [3.8, 4) is 0 Å². The minimum atomic E-state index is 0.0182. The van der Waals surface area contributed by atoms with Crippen molar-refractivity contribution in [2.24, 2.45) is 16.9 Å². The first-order valence-electron chi connectivity index (χ1n) is 9.03. The number of carbonyl (C=O) groups is 1. The minimum absolute atomic E-state index is 0.0182. The summed E-state index contributed by atoms with van der Waals surface area (Å²) in [6.07, 6.45) is 1.99. The number of benzene rings is 2. The van der Waals surface area contributed by atoms with E-state index in [1.165, 1.54) is 11.1 Å². The summed E-state index contributed by atoms with van der Waals surface area (Å²) in [7, 11) is 0. The van der Waals surface area contributed by atoms with Gasteiger partial charge in [-0.1, -0.05) is 68.4 Å². The summed E-state index contributed by atoms with van der Waals surface area (Å²) in [6, 6.07) is 18.7. The van der Waals surface area contributed by atoms with Gasteiger partial charge in [-0.25, -0.2) is 5.43 Å². The zero-order valence-corrected chi connectivity index (χ0v) is 15.2. The fraction of sp³-hybridized carbons (Fsp3) is 0.364. The summed E-state index contributed by atoms with van der Waals surface area (Å²) in [5.41, 5.74) is 7.19. The molecule has 1 N–H and O–H groups in total. The largest absolute Gasteiger partial charge is 0.273 e. The van der Waals surface area contributed by atoms with Gasteiger partial charge in [-0.2, -0.15) is 5.10 Å². The molecular formula is C22H26N2O. The van der Waals surface area contributed by atoms with Crippen molar-refractivity contribution in [2.45, 2.75) is 39.5 Å². The highest BCUT2D eigenvalue weighted by Gasteiger charge is 2.43. The second-order valence-electron chi connectivity index (χ2n) is 7.33. The van der Waals surface area contributed by atoms with E-state index in [-0.39, 0.29) is 11.8 Å². The van der Waals surface area contributed by atoms with Crippen LogP contribution < -0.4 is 5.43 Å². The van der Waals surface area contributed by atoms with E-state index < -0.39 is 0 Å². The van der Waals surface area contributed by atoms with Crippen LogP contribution in [0.1, 0.15) is 49.8 Å². The van der Waals surface area contributed by atoms with Crippen LogP contribution in [0.25, 0.3) is 0 Å². The first kappa shape index (κ1) is 17.4. The number of hydrogen-bond acceptors (Lipinski definition) is 2. The molecule has 1 amide bonds. The Kier molecular flexibility index (Phi) is 5.32. The molecule has 2 aromatic carbocycles. The van der Waals surface area contributed by atoms with Crippen LogP contribution >= 0.6 is 0 Å². The second-order valence-corrected chi connectivity index (χ2v) is 7.33. The van der Waals surface area contributed by atoms with Gasteiger partial charge in [-0.15, -0.1) is 0 Å². The van der Waals surface area contributed by atoms with E-state index in [2.05, 4.69) is 60.8 Å². The topological polar surface area (TPSA) is 41.5 Å². The fourth-order valence-corrected chi connectivity index (χ4v) is 3.19. The van der Waals surface area contributed by atoms with Gasteiger partial charge in [0.05, 0.1) is 5.71 Å². The number of rotatable bonds is 6. The lowest BCUT2D eigenvalue weighted by atomic mass is 10.0. The fourth-order valence-electron chi connectivity index (χ4n) is 3.19. The van der Waals surface area contributed by atoms with Gasteiger partial charge in [0.15, 0.2) is 0 Å². The molecule has 1 aliphatic carbocycles. The molecule has 2 aromatic rings. The maximum Gasteiger partial charge on any atom is 0.243 e. The van der Waals surface area contributed by atoms with Crippen LogP contribution in [0.5, 0.6) is 0 Å². The zero-order chi connectivity index (χ0) is 17.8. The molecular weight excluding hydrogens is 308 g/mol. The van der Waals surface area contributed by atoms with Crippen LogP contribution in [0.4, 0.5) is 0 Å². The van der Waals surface area contributed by atoms with Crippen LogP contribution in [-0.2, 0) is 11.2 Å². The monoisotopic (exact) mass is 334 g/mol. The van der Waals surface area contributed by atoms with Gasteiger partial charge >= 0.3 is 0 Å². The van der Waals surface area contributed by atoms with E-state index in [0.717, 1.165) is 24.1 Å².